The lowest BCUT2D eigenvalue weighted by Gasteiger charge is -2.11. The number of rotatable bonds is 10. The second-order valence-corrected chi connectivity index (χ2v) is 10.5. The molecule has 0 amide bonds. The molecule has 2 aromatic carbocycles. The summed E-state index contributed by atoms with van der Waals surface area (Å²) >= 11 is 3.51. The minimum atomic E-state index is -0.408. The molecule has 0 bridgehead atoms. The third-order valence-electron chi connectivity index (χ3n) is 6.97. The SMILES string of the molecule is CCCCCCCCOc1ccc(-n2c(-c3ccc(Br)cc3)cn3c4c(=O)n(C)c(=O)n(C)c4nc23)cc1. The van der Waals surface area contributed by atoms with Gasteiger partial charge in [0.05, 0.1) is 12.3 Å². The molecule has 5 rings (SSSR count). The Morgan fingerprint density at radius 2 is 1.55 bits per heavy atom. The summed E-state index contributed by atoms with van der Waals surface area (Å²) in [6.45, 7) is 2.93. The van der Waals surface area contributed by atoms with Crippen molar-refractivity contribution >= 4 is 32.9 Å². The largest absolute Gasteiger partial charge is 0.494 e. The van der Waals surface area contributed by atoms with Gasteiger partial charge < -0.3 is 4.74 Å². The van der Waals surface area contributed by atoms with Crippen molar-refractivity contribution in [1.82, 2.24) is 23.1 Å². The van der Waals surface area contributed by atoms with Crippen LogP contribution in [-0.4, -0.2) is 29.7 Å². The summed E-state index contributed by atoms with van der Waals surface area (Å²) in [4.78, 5) is 30.4. The van der Waals surface area contributed by atoms with E-state index in [1.807, 2.05) is 59.3 Å². The van der Waals surface area contributed by atoms with E-state index in [2.05, 4.69) is 22.9 Å². The molecule has 0 saturated heterocycles. The molecule has 0 saturated carbocycles. The number of hydrogen-bond donors (Lipinski definition) is 0. The number of aryl methyl sites for hydroxylation is 1. The lowest BCUT2D eigenvalue weighted by atomic mass is 10.1. The number of hydrogen-bond acceptors (Lipinski definition) is 4. The van der Waals surface area contributed by atoms with Crippen LogP contribution in [-0.2, 0) is 14.1 Å². The van der Waals surface area contributed by atoms with Crippen molar-refractivity contribution in [2.45, 2.75) is 45.4 Å². The van der Waals surface area contributed by atoms with E-state index < -0.39 is 5.69 Å². The number of ether oxygens (including phenoxy) is 1. The predicted octanol–water partition coefficient (Wildman–Crippen LogP) is 5.84. The van der Waals surface area contributed by atoms with Crippen molar-refractivity contribution in [3.8, 4) is 22.7 Å². The zero-order chi connectivity index (χ0) is 26.8. The van der Waals surface area contributed by atoms with E-state index in [4.69, 9.17) is 9.72 Å². The van der Waals surface area contributed by atoms with E-state index in [0.29, 0.717) is 23.5 Å². The highest BCUT2D eigenvalue weighted by Crippen LogP contribution is 2.30. The van der Waals surface area contributed by atoms with Crippen LogP contribution >= 0.6 is 15.9 Å². The van der Waals surface area contributed by atoms with E-state index in [-0.39, 0.29) is 5.56 Å². The molecule has 0 spiro atoms. The molecule has 0 aliphatic heterocycles. The quantitative estimate of drug-likeness (QED) is 0.195. The van der Waals surface area contributed by atoms with Crippen molar-refractivity contribution in [1.29, 1.82) is 0 Å². The molecule has 38 heavy (non-hydrogen) atoms. The third-order valence-corrected chi connectivity index (χ3v) is 7.50. The van der Waals surface area contributed by atoms with Gasteiger partial charge in [0.1, 0.15) is 5.75 Å². The highest BCUT2D eigenvalue weighted by atomic mass is 79.9. The van der Waals surface area contributed by atoms with E-state index in [9.17, 15) is 9.59 Å². The maximum absolute atomic E-state index is 13.1. The fraction of sp³-hybridized carbons (Fsp3) is 0.345. The first-order valence-electron chi connectivity index (χ1n) is 13.1. The van der Waals surface area contributed by atoms with Gasteiger partial charge in [-0.25, -0.2) is 4.79 Å². The van der Waals surface area contributed by atoms with Crippen LogP contribution in [0.2, 0.25) is 0 Å². The average molecular weight is 579 g/mol. The lowest BCUT2D eigenvalue weighted by Crippen LogP contribution is -2.37. The molecule has 8 nitrogen and oxygen atoms in total. The molecular formula is C29H32BrN5O3. The highest BCUT2D eigenvalue weighted by Gasteiger charge is 2.21. The molecule has 3 aromatic heterocycles. The second-order valence-electron chi connectivity index (χ2n) is 9.63. The minimum Gasteiger partial charge on any atom is -0.494 e. The van der Waals surface area contributed by atoms with Crippen LogP contribution < -0.4 is 16.0 Å². The summed E-state index contributed by atoms with van der Waals surface area (Å²) in [6.07, 6.45) is 9.24. The van der Waals surface area contributed by atoms with Crippen LogP contribution in [0, 0.1) is 0 Å². The number of unbranched alkanes of at least 4 members (excludes halogenated alkanes) is 5. The third kappa shape index (κ3) is 4.82. The standard InChI is InChI=1S/C29H32BrN5O3/c1-4-5-6-7-8-9-18-38-23-16-14-22(15-17-23)35-24(20-10-12-21(30)13-11-20)19-34-25-26(31-28(34)35)32(2)29(37)33(3)27(25)36/h10-17,19H,4-9,18H2,1-3H3. The molecule has 9 heteroatoms. The van der Waals surface area contributed by atoms with Crippen molar-refractivity contribution in [2.75, 3.05) is 6.61 Å². The molecule has 0 N–H and O–H groups in total. The Bertz CT molecular complexity index is 1690. The van der Waals surface area contributed by atoms with Crippen molar-refractivity contribution < 1.29 is 4.74 Å². The molecule has 5 aromatic rings. The summed E-state index contributed by atoms with van der Waals surface area (Å²) in [5.41, 5.74) is 2.64. The monoisotopic (exact) mass is 577 g/mol. The molecular weight excluding hydrogens is 546 g/mol. The zero-order valence-corrected chi connectivity index (χ0v) is 23.6. The first-order chi connectivity index (χ1) is 18.4. The Morgan fingerprint density at radius 3 is 2.26 bits per heavy atom. The van der Waals surface area contributed by atoms with Crippen LogP contribution in [0.4, 0.5) is 0 Å². The van der Waals surface area contributed by atoms with Gasteiger partial charge in [-0.05, 0) is 42.8 Å². The van der Waals surface area contributed by atoms with Gasteiger partial charge in [-0.2, -0.15) is 4.98 Å². The number of aromatic nitrogens is 5. The number of imidazole rings is 2. The minimum absolute atomic E-state index is 0.350. The molecule has 3 heterocycles. The fourth-order valence-corrected chi connectivity index (χ4v) is 5.08. The van der Waals surface area contributed by atoms with Gasteiger partial charge in [0, 0.05) is 36.0 Å². The van der Waals surface area contributed by atoms with E-state index >= 15 is 0 Å². The first kappa shape index (κ1) is 26.0. The Labute approximate surface area is 229 Å². The summed E-state index contributed by atoms with van der Waals surface area (Å²) in [7, 11) is 3.12. The van der Waals surface area contributed by atoms with Crippen LogP contribution in [0.1, 0.15) is 45.4 Å². The maximum atomic E-state index is 13.1. The lowest BCUT2D eigenvalue weighted by molar-refractivity contribution is 0.304. The van der Waals surface area contributed by atoms with Crippen LogP contribution in [0.3, 0.4) is 0 Å². The van der Waals surface area contributed by atoms with Gasteiger partial charge in [0.2, 0.25) is 5.78 Å². The van der Waals surface area contributed by atoms with Crippen molar-refractivity contribution in [2.24, 2.45) is 14.1 Å². The number of halogens is 1. The molecule has 0 fully saturated rings. The molecule has 0 radical (unpaired) electrons. The van der Waals surface area contributed by atoms with Crippen molar-refractivity contribution in [3.63, 3.8) is 0 Å². The van der Waals surface area contributed by atoms with Gasteiger partial charge in [0.25, 0.3) is 5.56 Å². The topological polar surface area (TPSA) is 75.5 Å². The Balaban J connectivity index is 1.54. The number of benzene rings is 2. The van der Waals surface area contributed by atoms with Crippen LogP contribution in [0.15, 0.2) is 68.8 Å². The van der Waals surface area contributed by atoms with E-state index in [1.165, 1.54) is 43.7 Å². The van der Waals surface area contributed by atoms with Gasteiger partial charge in [-0.15, -0.1) is 0 Å². The van der Waals surface area contributed by atoms with Crippen LogP contribution in [0.25, 0.3) is 33.9 Å². The summed E-state index contributed by atoms with van der Waals surface area (Å²) in [5.74, 6) is 1.37. The Kier molecular flexibility index (Phi) is 7.56. The summed E-state index contributed by atoms with van der Waals surface area (Å²) < 4.78 is 13.3. The average Bonchev–Trinajstić information content (AvgIpc) is 3.48. The molecule has 0 aliphatic rings. The maximum Gasteiger partial charge on any atom is 0.332 e. The van der Waals surface area contributed by atoms with Gasteiger partial charge in [-0.3, -0.25) is 22.9 Å². The fourth-order valence-electron chi connectivity index (χ4n) is 4.81. The molecule has 0 atom stereocenters. The number of fused-ring (bicyclic) bond motifs is 3. The van der Waals surface area contributed by atoms with Crippen LogP contribution in [0.5, 0.6) is 5.75 Å². The zero-order valence-electron chi connectivity index (χ0n) is 22.0. The van der Waals surface area contributed by atoms with Gasteiger partial charge in [0.15, 0.2) is 11.2 Å². The second kappa shape index (κ2) is 11.0. The van der Waals surface area contributed by atoms with Gasteiger partial charge >= 0.3 is 5.69 Å². The van der Waals surface area contributed by atoms with Crippen molar-refractivity contribution in [3.05, 3.63) is 80.0 Å². The van der Waals surface area contributed by atoms with E-state index in [0.717, 1.165) is 38.2 Å². The molecule has 198 valence electrons. The predicted molar refractivity (Wildman–Crippen MR) is 155 cm³/mol. The smallest absolute Gasteiger partial charge is 0.332 e. The first-order valence-corrected chi connectivity index (χ1v) is 13.9. The summed E-state index contributed by atoms with van der Waals surface area (Å²) in [5, 5.41) is 0. The highest BCUT2D eigenvalue weighted by molar-refractivity contribution is 9.10. The molecule has 0 unspecified atom stereocenters. The van der Waals surface area contributed by atoms with E-state index in [1.54, 1.807) is 11.4 Å². The summed E-state index contributed by atoms with van der Waals surface area (Å²) in [6, 6.07) is 15.9. The normalized spacial score (nSPS) is 11.6. The molecule has 0 aliphatic carbocycles. The Morgan fingerprint density at radius 1 is 0.868 bits per heavy atom. The Hall–Kier alpha value is -3.59. The number of nitrogens with zero attached hydrogens (tertiary/aromatic N) is 5. The van der Waals surface area contributed by atoms with Gasteiger partial charge in [-0.1, -0.05) is 67.1 Å².